The van der Waals surface area contributed by atoms with Gasteiger partial charge in [0.15, 0.2) is 9.84 Å². The molecule has 5 nitrogen and oxygen atoms in total. The van der Waals surface area contributed by atoms with Gasteiger partial charge in [-0.1, -0.05) is 6.42 Å². The van der Waals surface area contributed by atoms with E-state index in [1.165, 1.54) is 0 Å². The third kappa shape index (κ3) is 2.00. The molecule has 0 saturated carbocycles. The lowest BCUT2D eigenvalue weighted by atomic mass is 10.2. The van der Waals surface area contributed by atoms with E-state index in [1.807, 2.05) is 22.7 Å². The second-order valence-electron chi connectivity index (χ2n) is 4.80. The maximum Gasteiger partial charge on any atom is 0.160 e. The lowest BCUT2D eigenvalue weighted by Crippen LogP contribution is -2.23. The molecule has 102 valence electrons. The highest BCUT2D eigenvalue weighted by Crippen LogP contribution is 2.34. The average molecular weight is 280 g/mol. The summed E-state index contributed by atoms with van der Waals surface area (Å²) in [6.45, 7) is 0. The van der Waals surface area contributed by atoms with Crippen molar-refractivity contribution in [1.82, 2.24) is 9.38 Å². The number of hydrogen-bond donors (Lipinski definition) is 0. The molecule has 0 amide bonds. The molecule has 0 N–H and O–H groups in total. The van der Waals surface area contributed by atoms with Crippen molar-refractivity contribution in [3.05, 3.63) is 30.4 Å². The molecule has 1 saturated heterocycles. The van der Waals surface area contributed by atoms with Gasteiger partial charge in [0.2, 0.25) is 0 Å². The van der Waals surface area contributed by atoms with E-state index in [4.69, 9.17) is 4.74 Å². The molecule has 0 aromatic carbocycles. The zero-order chi connectivity index (χ0) is 13.5. The SMILES string of the molecule is COc1cccn2c(C3CCCCS3(=O)=O)ncc12. The summed E-state index contributed by atoms with van der Waals surface area (Å²) in [5, 5.41) is -0.490. The predicted molar refractivity (Wildman–Crippen MR) is 72.1 cm³/mol. The number of aromatic nitrogens is 2. The van der Waals surface area contributed by atoms with Gasteiger partial charge in [0.25, 0.3) is 0 Å². The van der Waals surface area contributed by atoms with Crippen LogP contribution in [-0.4, -0.2) is 30.7 Å². The molecule has 1 aliphatic rings. The van der Waals surface area contributed by atoms with Crippen molar-refractivity contribution < 1.29 is 13.2 Å². The third-order valence-electron chi connectivity index (χ3n) is 3.65. The van der Waals surface area contributed by atoms with Gasteiger partial charge in [-0.05, 0) is 25.0 Å². The van der Waals surface area contributed by atoms with Gasteiger partial charge in [-0.15, -0.1) is 0 Å². The molecular formula is C13H16N2O3S. The van der Waals surface area contributed by atoms with Crippen molar-refractivity contribution in [3.8, 4) is 5.75 Å². The van der Waals surface area contributed by atoms with Crippen LogP contribution in [0.15, 0.2) is 24.5 Å². The lowest BCUT2D eigenvalue weighted by Gasteiger charge is -2.21. The van der Waals surface area contributed by atoms with E-state index in [9.17, 15) is 8.42 Å². The zero-order valence-electron chi connectivity index (χ0n) is 10.7. The second-order valence-corrected chi connectivity index (χ2v) is 7.10. The van der Waals surface area contributed by atoms with Crippen molar-refractivity contribution in [2.45, 2.75) is 24.5 Å². The minimum atomic E-state index is -3.08. The minimum Gasteiger partial charge on any atom is -0.494 e. The smallest absolute Gasteiger partial charge is 0.160 e. The van der Waals surface area contributed by atoms with Crippen molar-refractivity contribution in [3.63, 3.8) is 0 Å². The molecule has 2 aromatic heterocycles. The Labute approximate surface area is 112 Å². The fourth-order valence-electron chi connectivity index (χ4n) is 2.67. The van der Waals surface area contributed by atoms with Gasteiger partial charge < -0.3 is 4.74 Å². The average Bonchev–Trinajstić information content (AvgIpc) is 2.82. The summed E-state index contributed by atoms with van der Waals surface area (Å²) in [6, 6.07) is 3.68. The Morgan fingerprint density at radius 2 is 2.26 bits per heavy atom. The van der Waals surface area contributed by atoms with Gasteiger partial charge in [0.05, 0.1) is 19.1 Å². The maximum atomic E-state index is 12.2. The molecule has 2 aromatic rings. The van der Waals surface area contributed by atoms with E-state index < -0.39 is 15.1 Å². The van der Waals surface area contributed by atoms with Crippen LogP contribution in [0.3, 0.4) is 0 Å². The van der Waals surface area contributed by atoms with E-state index in [0.717, 1.165) is 18.4 Å². The highest BCUT2D eigenvalue weighted by molar-refractivity contribution is 7.91. The van der Waals surface area contributed by atoms with Crippen LogP contribution in [0.2, 0.25) is 0 Å². The number of hydrogen-bond acceptors (Lipinski definition) is 4. The molecule has 19 heavy (non-hydrogen) atoms. The molecule has 1 fully saturated rings. The molecule has 1 aliphatic heterocycles. The summed E-state index contributed by atoms with van der Waals surface area (Å²) >= 11 is 0. The van der Waals surface area contributed by atoms with Gasteiger partial charge >= 0.3 is 0 Å². The second kappa shape index (κ2) is 4.52. The molecule has 1 unspecified atom stereocenters. The number of rotatable bonds is 2. The first-order valence-corrected chi connectivity index (χ1v) is 8.06. The Bertz CT molecular complexity index is 706. The van der Waals surface area contributed by atoms with Gasteiger partial charge in [0, 0.05) is 6.20 Å². The van der Waals surface area contributed by atoms with Crippen LogP contribution in [-0.2, 0) is 9.84 Å². The summed E-state index contributed by atoms with van der Waals surface area (Å²) in [5.74, 6) is 1.57. The molecule has 0 bridgehead atoms. The minimum absolute atomic E-state index is 0.260. The number of nitrogens with zero attached hydrogens (tertiary/aromatic N) is 2. The molecule has 6 heteroatoms. The molecular weight excluding hydrogens is 264 g/mol. The topological polar surface area (TPSA) is 60.7 Å². The number of sulfone groups is 1. The zero-order valence-corrected chi connectivity index (χ0v) is 11.6. The number of fused-ring (bicyclic) bond motifs is 1. The first-order chi connectivity index (χ1) is 9.13. The van der Waals surface area contributed by atoms with Crippen molar-refractivity contribution in [2.24, 2.45) is 0 Å². The molecule has 1 atom stereocenters. The molecule has 3 heterocycles. The Hall–Kier alpha value is -1.56. The van der Waals surface area contributed by atoms with Gasteiger partial charge in [-0.3, -0.25) is 4.40 Å². The van der Waals surface area contributed by atoms with Gasteiger partial charge in [-0.2, -0.15) is 0 Å². The first kappa shape index (κ1) is 12.5. The monoisotopic (exact) mass is 280 g/mol. The number of methoxy groups -OCH3 is 1. The van der Waals surface area contributed by atoms with Crippen LogP contribution >= 0.6 is 0 Å². The normalized spacial score (nSPS) is 22.5. The van der Waals surface area contributed by atoms with Crippen LogP contribution in [0.4, 0.5) is 0 Å². The van der Waals surface area contributed by atoms with Crippen molar-refractivity contribution >= 4 is 15.4 Å². The third-order valence-corrected chi connectivity index (χ3v) is 5.82. The Balaban J connectivity index is 2.16. The standard InChI is InChI=1S/C13H16N2O3S/c1-18-11-5-4-7-15-10(11)9-14-13(15)12-6-2-3-8-19(12,16)17/h4-5,7,9,12H,2-3,6,8H2,1H3. The van der Waals surface area contributed by atoms with E-state index in [1.54, 1.807) is 13.3 Å². The Morgan fingerprint density at radius 3 is 3.00 bits per heavy atom. The molecule has 3 rings (SSSR count). The fourth-order valence-corrected chi connectivity index (χ4v) is 4.58. The van der Waals surface area contributed by atoms with Gasteiger partial charge in [-0.25, -0.2) is 13.4 Å². The summed E-state index contributed by atoms with van der Waals surface area (Å²) in [4.78, 5) is 4.33. The molecule has 0 spiro atoms. The van der Waals surface area contributed by atoms with Crippen molar-refractivity contribution in [1.29, 1.82) is 0 Å². The van der Waals surface area contributed by atoms with Crippen LogP contribution in [0, 0.1) is 0 Å². The summed E-state index contributed by atoms with van der Waals surface area (Å²) in [5.41, 5.74) is 0.806. The first-order valence-electron chi connectivity index (χ1n) is 6.35. The van der Waals surface area contributed by atoms with E-state index >= 15 is 0 Å². The van der Waals surface area contributed by atoms with E-state index in [2.05, 4.69) is 4.98 Å². The Morgan fingerprint density at radius 1 is 1.42 bits per heavy atom. The van der Waals surface area contributed by atoms with Gasteiger partial charge in [0.1, 0.15) is 22.3 Å². The molecule has 0 aliphatic carbocycles. The molecule has 0 radical (unpaired) electrons. The summed E-state index contributed by atoms with van der Waals surface area (Å²) in [6.07, 6.45) is 5.86. The van der Waals surface area contributed by atoms with Crippen LogP contribution in [0.5, 0.6) is 5.75 Å². The van der Waals surface area contributed by atoms with E-state index in [-0.39, 0.29) is 5.75 Å². The number of ether oxygens (including phenoxy) is 1. The van der Waals surface area contributed by atoms with E-state index in [0.29, 0.717) is 18.0 Å². The highest BCUT2D eigenvalue weighted by Gasteiger charge is 2.33. The lowest BCUT2D eigenvalue weighted by molar-refractivity contribution is 0.417. The predicted octanol–water partition coefficient (Wildman–Crippen LogP) is 1.98. The Kier molecular flexibility index (Phi) is 2.97. The largest absolute Gasteiger partial charge is 0.494 e. The summed E-state index contributed by atoms with van der Waals surface area (Å²) in [7, 11) is -1.49. The number of imidazole rings is 1. The van der Waals surface area contributed by atoms with Crippen molar-refractivity contribution in [2.75, 3.05) is 12.9 Å². The summed E-state index contributed by atoms with van der Waals surface area (Å²) < 4.78 is 31.5. The van der Waals surface area contributed by atoms with Crippen LogP contribution in [0.1, 0.15) is 30.3 Å². The van der Waals surface area contributed by atoms with Crippen LogP contribution in [0.25, 0.3) is 5.52 Å². The quantitative estimate of drug-likeness (QED) is 0.844. The fraction of sp³-hybridized carbons (Fsp3) is 0.462. The highest BCUT2D eigenvalue weighted by atomic mass is 32.2. The number of pyridine rings is 1. The van der Waals surface area contributed by atoms with Crippen LogP contribution < -0.4 is 4.74 Å². The maximum absolute atomic E-state index is 12.2.